The highest BCUT2D eigenvalue weighted by atomic mass is 35.6. The van der Waals surface area contributed by atoms with E-state index in [2.05, 4.69) is 5.32 Å². The Labute approximate surface area is 232 Å². The van der Waals surface area contributed by atoms with Gasteiger partial charge >= 0.3 is 0 Å². The van der Waals surface area contributed by atoms with Gasteiger partial charge in [0.15, 0.2) is 5.76 Å². The van der Waals surface area contributed by atoms with Crippen LogP contribution in [0.15, 0.2) is 82.3 Å². The molecule has 36 heavy (non-hydrogen) atoms. The fourth-order valence-electron chi connectivity index (χ4n) is 3.40. The molecular weight excluding hydrogens is 563 g/mol. The van der Waals surface area contributed by atoms with Crippen LogP contribution in [0.5, 0.6) is 5.75 Å². The van der Waals surface area contributed by atoms with Crippen molar-refractivity contribution in [3.8, 4) is 5.75 Å². The third kappa shape index (κ3) is 6.25. The molecule has 6 nitrogen and oxygen atoms in total. The molecule has 1 aliphatic rings. The molecule has 1 saturated heterocycles. The minimum Gasteiger partial charge on any atom is -0.466 e. The molecule has 0 aliphatic carbocycles. The van der Waals surface area contributed by atoms with Crippen molar-refractivity contribution in [1.29, 1.82) is 0 Å². The van der Waals surface area contributed by atoms with Crippen LogP contribution in [0.1, 0.15) is 34.6 Å². The molecule has 3 aromatic rings. The number of furan rings is 1. The number of halogens is 3. The van der Waals surface area contributed by atoms with E-state index in [9.17, 15) is 9.59 Å². The Kier molecular flexibility index (Phi) is 8.32. The first kappa shape index (κ1) is 26.6. The van der Waals surface area contributed by atoms with Gasteiger partial charge in [0.25, 0.3) is 11.8 Å². The summed E-state index contributed by atoms with van der Waals surface area (Å²) in [5, 5.41) is 2.49. The van der Waals surface area contributed by atoms with Gasteiger partial charge in [-0.05, 0) is 48.4 Å². The molecule has 0 saturated carbocycles. The molecule has 1 aromatic heterocycles. The van der Waals surface area contributed by atoms with E-state index in [-0.39, 0.29) is 17.7 Å². The number of alkyl halides is 3. The van der Waals surface area contributed by atoms with Crippen LogP contribution in [0, 0.1) is 0 Å². The lowest BCUT2D eigenvalue weighted by molar-refractivity contribution is -0.123. The maximum atomic E-state index is 13.1. The molecule has 186 valence electrons. The van der Waals surface area contributed by atoms with Crippen LogP contribution in [-0.4, -0.2) is 31.1 Å². The van der Waals surface area contributed by atoms with E-state index in [0.29, 0.717) is 15.0 Å². The highest BCUT2D eigenvalue weighted by Crippen LogP contribution is 2.38. The maximum Gasteiger partial charge on any atom is 0.289 e. The lowest BCUT2D eigenvalue weighted by Crippen LogP contribution is -2.47. The molecule has 0 radical (unpaired) electrons. The van der Waals surface area contributed by atoms with Crippen molar-refractivity contribution in [2.75, 3.05) is 0 Å². The monoisotopic (exact) mass is 580 g/mol. The second-order valence-electron chi connectivity index (χ2n) is 7.70. The lowest BCUT2D eigenvalue weighted by Gasteiger charge is -2.26. The number of rotatable bonds is 7. The van der Waals surface area contributed by atoms with Gasteiger partial charge in [0, 0.05) is 0 Å². The summed E-state index contributed by atoms with van der Waals surface area (Å²) in [6.07, 6.45) is 1.82. The molecular formula is C25H19Cl3N2O4S2. The Morgan fingerprint density at radius 2 is 1.81 bits per heavy atom. The maximum absolute atomic E-state index is 13.1. The van der Waals surface area contributed by atoms with Gasteiger partial charge in [0.05, 0.1) is 17.2 Å². The Bertz CT molecular complexity index is 1280. The van der Waals surface area contributed by atoms with Crippen molar-refractivity contribution in [1.82, 2.24) is 10.2 Å². The van der Waals surface area contributed by atoms with Crippen LogP contribution in [0.4, 0.5) is 0 Å². The normalized spacial score (nSPS) is 16.8. The number of ether oxygens (including phenoxy) is 1. The van der Waals surface area contributed by atoms with E-state index in [4.69, 9.17) is 56.2 Å². The third-order valence-corrected chi connectivity index (χ3v) is 7.15. The number of carbonyl (C=O) groups is 2. The number of benzene rings is 2. The molecule has 1 N–H and O–H groups in total. The Morgan fingerprint density at radius 1 is 1.11 bits per heavy atom. The molecule has 0 spiro atoms. The van der Waals surface area contributed by atoms with E-state index in [1.807, 2.05) is 37.3 Å². The molecule has 2 heterocycles. The number of thiocarbonyl (C=S) groups is 1. The smallest absolute Gasteiger partial charge is 0.289 e. The number of hydrogen-bond acceptors (Lipinski definition) is 6. The molecule has 2 atom stereocenters. The van der Waals surface area contributed by atoms with E-state index < -0.39 is 15.9 Å². The first-order valence-corrected chi connectivity index (χ1v) is 13.0. The van der Waals surface area contributed by atoms with Crippen molar-refractivity contribution in [2.24, 2.45) is 0 Å². The highest BCUT2D eigenvalue weighted by molar-refractivity contribution is 8.26. The van der Waals surface area contributed by atoms with Crippen LogP contribution in [0.25, 0.3) is 6.08 Å². The largest absolute Gasteiger partial charge is 0.466 e. The van der Waals surface area contributed by atoms with Gasteiger partial charge in [-0.2, -0.15) is 0 Å². The summed E-state index contributed by atoms with van der Waals surface area (Å²) in [7, 11) is 0. The first-order chi connectivity index (χ1) is 17.1. The quantitative estimate of drug-likeness (QED) is 0.144. The Morgan fingerprint density at radius 3 is 2.42 bits per heavy atom. The third-order valence-electron chi connectivity index (χ3n) is 5.23. The molecule has 2 amide bonds. The molecule has 2 aromatic carbocycles. The van der Waals surface area contributed by atoms with Gasteiger partial charge in [-0.1, -0.05) is 101 Å². The lowest BCUT2D eigenvalue weighted by atomic mass is 10.1. The second kappa shape index (κ2) is 11.3. The summed E-state index contributed by atoms with van der Waals surface area (Å²) < 4.78 is 9.32. The fraction of sp³-hybridized carbons (Fsp3) is 0.160. The van der Waals surface area contributed by atoms with Gasteiger partial charge in [0.1, 0.15) is 10.1 Å². The van der Waals surface area contributed by atoms with Gasteiger partial charge in [-0.15, -0.1) is 0 Å². The summed E-state index contributed by atoms with van der Waals surface area (Å²) >= 11 is 24.8. The SMILES string of the molecule is C[C@H](c1ccccc1)N1C(=O)/C(=C/c2ccc(O[C@H](NC(=O)c3ccco3)C(Cl)(Cl)Cl)cc2)SC1=S. The zero-order valence-corrected chi connectivity index (χ0v) is 22.6. The van der Waals surface area contributed by atoms with Crippen molar-refractivity contribution >= 4 is 81.0 Å². The summed E-state index contributed by atoms with van der Waals surface area (Å²) in [6.45, 7) is 1.95. The molecule has 11 heteroatoms. The van der Waals surface area contributed by atoms with Crippen LogP contribution in [0.2, 0.25) is 0 Å². The molecule has 1 fully saturated rings. The Hall–Kier alpha value is -2.49. The standard InChI is InChI=1S/C25H19Cl3N2O4S2/c1-15(17-6-3-2-4-7-17)30-22(32)20(36-24(30)35)14-16-9-11-18(12-10-16)34-23(25(26,27)28)29-21(31)19-8-5-13-33-19/h2-15,23H,1H3,(H,29,31)/b20-14-/t15-,23+/m1/s1. The highest BCUT2D eigenvalue weighted by Gasteiger charge is 2.37. The number of nitrogens with one attached hydrogen (secondary N) is 1. The van der Waals surface area contributed by atoms with Gasteiger partial charge in [0.2, 0.25) is 10.0 Å². The van der Waals surface area contributed by atoms with E-state index in [1.165, 1.54) is 24.1 Å². The average Bonchev–Trinajstić information content (AvgIpc) is 3.48. The predicted molar refractivity (Wildman–Crippen MR) is 147 cm³/mol. The Balaban J connectivity index is 1.46. The van der Waals surface area contributed by atoms with Crippen LogP contribution in [-0.2, 0) is 4.79 Å². The van der Waals surface area contributed by atoms with E-state index >= 15 is 0 Å². The van der Waals surface area contributed by atoms with Crippen molar-refractivity contribution < 1.29 is 18.7 Å². The zero-order valence-electron chi connectivity index (χ0n) is 18.7. The number of hydrogen-bond donors (Lipinski definition) is 1. The molecule has 0 unspecified atom stereocenters. The van der Waals surface area contributed by atoms with Gasteiger partial charge in [-0.3, -0.25) is 14.5 Å². The predicted octanol–water partition coefficient (Wildman–Crippen LogP) is 6.75. The molecule has 1 aliphatic heterocycles. The van der Waals surface area contributed by atoms with Crippen molar-refractivity contribution in [3.05, 3.63) is 94.8 Å². The molecule has 4 rings (SSSR count). The van der Waals surface area contributed by atoms with Gasteiger partial charge < -0.3 is 14.5 Å². The average molecular weight is 582 g/mol. The second-order valence-corrected chi connectivity index (χ2v) is 11.7. The van der Waals surface area contributed by atoms with Gasteiger partial charge in [-0.25, -0.2) is 0 Å². The summed E-state index contributed by atoms with van der Waals surface area (Å²) in [5.74, 6) is -0.362. The van der Waals surface area contributed by atoms with E-state index in [0.717, 1.165) is 11.1 Å². The minimum atomic E-state index is -1.95. The summed E-state index contributed by atoms with van der Waals surface area (Å²) in [5.41, 5.74) is 1.75. The summed E-state index contributed by atoms with van der Waals surface area (Å²) in [6, 6.07) is 19.3. The fourth-order valence-corrected chi connectivity index (χ4v) is 5.12. The number of nitrogens with zero attached hydrogens (tertiary/aromatic N) is 1. The first-order valence-electron chi connectivity index (χ1n) is 10.6. The number of amides is 2. The van der Waals surface area contributed by atoms with E-state index in [1.54, 1.807) is 41.3 Å². The van der Waals surface area contributed by atoms with Crippen LogP contribution in [0.3, 0.4) is 0 Å². The van der Waals surface area contributed by atoms with Crippen LogP contribution < -0.4 is 10.1 Å². The summed E-state index contributed by atoms with van der Waals surface area (Å²) in [4.78, 5) is 27.5. The molecule has 0 bridgehead atoms. The van der Waals surface area contributed by atoms with Crippen molar-refractivity contribution in [2.45, 2.75) is 23.0 Å². The number of thioether (sulfide) groups is 1. The number of carbonyl (C=O) groups excluding carboxylic acids is 2. The minimum absolute atomic E-state index is 0.0482. The topological polar surface area (TPSA) is 71.8 Å². The van der Waals surface area contributed by atoms with Crippen LogP contribution >= 0.6 is 58.8 Å². The van der Waals surface area contributed by atoms with Crippen molar-refractivity contribution in [3.63, 3.8) is 0 Å². The zero-order chi connectivity index (χ0) is 25.9.